The van der Waals surface area contributed by atoms with Gasteiger partial charge in [-0.1, -0.05) is 51.1 Å². The fourth-order valence-corrected chi connectivity index (χ4v) is 3.01. The minimum atomic E-state index is 0.117. The van der Waals surface area contributed by atoms with E-state index >= 15 is 0 Å². The predicted molar refractivity (Wildman–Crippen MR) is 89.3 cm³/mol. The van der Waals surface area contributed by atoms with Crippen LogP contribution in [0.4, 0.5) is 5.13 Å². The molecule has 0 unspecified atom stereocenters. The van der Waals surface area contributed by atoms with Gasteiger partial charge in [0.1, 0.15) is 0 Å². The van der Waals surface area contributed by atoms with Gasteiger partial charge in [-0.05, 0) is 5.41 Å². The van der Waals surface area contributed by atoms with Crippen LogP contribution in [0.5, 0.6) is 0 Å². The van der Waals surface area contributed by atoms with Crippen molar-refractivity contribution in [3.05, 3.63) is 47.0 Å². The van der Waals surface area contributed by atoms with Gasteiger partial charge in [0, 0.05) is 24.5 Å². The number of rotatable bonds is 5. The molecule has 4 heteroatoms. The molecule has 112 valence electrons. The number of anilines is 1. The molecule has 0 N–H and O–H groups in total. The van der Waals surface area contributed by atoms with Crippen molar-refractivity contribution < 1.29 is 4.79 Å². The van der Waals surface area contributed by atoms with Gasteiger partial charge in [0.05, 0.1) is 12.1 Å². The summed E-state index contributed by atoms with van der Waals surface area (Å²) in [6.45, 7) is 7.55. The summed E-state index contributed by atoms with van der Waals surface area (Å²) in [7, 11) is 2.05. The van der Waals surface area contributed by atoms with E-state index in [1.165, 1.54) is 0 Å². The highest BCUT2D eigenvalue weighted by molar-refractivity contribution is 7.13. The van der Waals surface area contributed by atoms with Crippen molar-refractivity contribution in [1.29, 1.82) is 0 Å². The Labute approximate surface area is 130 Å². The highest BCUT2D eigenvalue weighted by Gasteiger charge is 2.17. The highest BCUT2D eigenvalue weighted by atomic mass is 32.1. The van der Waals surface area contributed by atoms with Crippen molar-refractivity contribution in [1.82, 2.24) is 4.98 Å². The number of hydrogen-bond donors (Lipinski definition) is 0. The van der Waals surface area contributed by atoms with Gasteiger partial charge in [-0.2, -0.15) is 0 Å². The Morgan fingerprint density at radius 3 is 2.52 bits per heavy atom. The number of ketones is 1. The predicted octanol–water partition coefficient (Wildman–Crippen LogP) is 4.05. The first-order chi connectivity index (χ1) is 9.85. The maximum absolute atomic E-state index is 12.2. The summed E-state index contributed by atoms with van der Waals surface area (Å²) in [5, 5.41) is 2.95. The minimum Gasteiger partial charge on any atom is -0.351 e. The molecule has 2 aromatic rings. The number of aromatic nitrogens is 1. The molecule has 3 nitrogen and oxygen atoms in total. The molecule has 0 radical (unpaired) electrons. The molecule has 0 aliphatic heterocycles. The first-order valence-corrected chi connectivity index (χ1v) is 7.97. The summed E-state index contributed by atoms with van der Waals surface area (Å²) in [6, 6.07) is 9.38. The monoisotopic (exact) mass is 302 g/mol. The Kier molecular flexibility index (Phi) is 4.78. The van der Waals surface area contributed by atoms with E-state index in [0.717, 1.165) is 22.9 Å². The van der Waals surface area contributed by atoms with Crippen LogP contribution < -0.4 is 4.90 Å². The van der Waals surface area contributed by atoms with Crippen molar-refractivity contribution >= 4 is 22.3 Å². The van der Waals surface area contributed by atoms with Gasteiger partial charge < -0.3 is 4.90 Å². The van der Waals surface area contributed by atoms with Gasteiger partial charge in [-0.25, -0.2) is 4.98 Å². The zero-order valence-corrected chi connectivity index (χ0v) is 13.9. The van der Waals surface area contributed by atoms with E-state index in [2.05, 4.69) is 30.7 Å². The van der Waals surface area contributed by atoms with E-state index in [4.69, 9.17) is 0 Å². The summed E-state index contributed by atoms with van der Waals surface area (Å²) < 4.78 is 0. The van der Waals surface area contributed by atoms with Crippen molar-refractivity contribution in [2.75, 3.05) is 18.5 Å². The molecule has 1 aromatic heterocycles. The lowest BCUT2D eigenvalue weighted by atomic mass is 9.96. The molecule has 0 aliphatic carbocycles. The van der Waals surface area contributed by atoms with Crippen molar-refractivity contribution in [3.8, 4) is 0 Å². The lowest BCUT2D eigenvalue weighted by Crippen LogP contribution is -2.29. The topological polar surface area (TPSA) is 33.2 Å². The van der Waals surface area contributed by atoms with Crippen LogP contribution in [-0.4, -0.2) is 24.4 Å². The minimum absolute atomic E-state index is 0.117. The zero-order valence-electron chi connectivity index (χ0n) is 13.1. The van der Waals surface area contributed by atoms with Crippen molar-refractivity contribution in [2.24, 2.45) is 5.41 Å². The maximum Gasteiger partial charge on any atom is 0.185 e. The quantitative estimate of drug-likeness (QED) is 0.781. The van der Waals surface area contributed by atoms with Gasteiger partial charge in [-0.3, -0.25) is 4.79 Å². The summed E-state index contributed by atoms with van der Waals surface area (Å²) >= 11 is 1.60. The number of carbonyl (C=O) groups is 1. The van der Waals surface area contributed by atoms with Crippen LogP contribution in [0.25, 0.3) is 0 Å². The second-order valence-electron chi connectivity index (χ2n) is 6.50. The molecule has 0 saturated carbocycles. The third-order valence-corrected chi connectivity index (χ3v) is 4.02. The fraction of sp³-hybridized carbons (Fsp3) is 0.412. The van der Waals surface area contributed by atoms with Crippen LogP contribution in [0.15, 0.2) is 35.7 Å². The molecule has 0 aliphatic rings. The SMILES string of the molecule is CN(CC(C)(C)C)c1nc(CC(=O)c2ccccc2)cs1. The number of carbonyl (C=O) groups excluding carboxylic acids is 1. The zero-order chi connectivity index (χ0) is 15.5. The molecule has 0 atom stereocenters. The average Bonchev–Trinajstić information content (AvgIpc) is 2.86. The van der Waals surface area contributed by atoms with Crippen LogP contribution in [-0.2, 0) is 6.42 Å². The molecular weight excluding hydrogens is 280 g/mol. The lowest BCUT2D eigenvalue weighted by molar-refractivity contribution is 0.0992. The van der Waals surface area contributed by atoms with E-state index < -0.39 is 0 Å². The molecule has 0 fully saturated rings. The molecule has 2 rings (SSSR count). The highest BCUT2D eigenvalue weighted by Crippen LogP contribution is 2.24. The molecule has 0 spiro atoms. The fourth-order valence-electron chi connectivity index (χ4n) is 2.22. The third-order valence-electron chi connectivity index (χ3n) is 3.02. The number of thiazole rings is 1. The van der Waals surface area contributed by atoms with E-state index in [0.29, 0.717) is 6.42 Å². The summed E-state index contributed by atoms with van der Waals surface area (Å²) in [4.78, 5) is 18.9. The molecule has 1 aromatic carbocycles. The van der Waals surface area contributed by atoms with Crippen LogP contribution in [0.2, 0.25) is 0 Å². The molecule has 0 bridgehead atoms. The number of benzene rings is 1. The molecule has 1 heterocycles. The summed E-state index contributed by atoms with van der Waals surface area (Å²) in [5.41, 5.74) is 1.82. The second kappa shape index (κ2) is 6.39. The average molecular weight is 302 g/mol. The first kappa shape index (κ1) is 15.7. The largest absolute Gasteiger partial charge is 0.351 e. The van der Waals surface area contributed by atoms with Gasteiger partial charge in [0.15, 0.2) is 10.9 Å². The van der Waals surface area contributed by atoms with E-state index in [1.807, 2.05) is 42.8 Å². The standard InChI is InChI=1S/C17H22N2OS/c1-17(2,3)12-19(4)16-18-14(11-21-16)10-15(20)13-8-6-5-7-9-13/h5-9,11H,10,12H2,1-4H3. The van der Waals surface area contributed by atoms with Crippen LogP contribution >= 0.6 is 11.3 Å². The van der Waals surface area contributed by atoms with E-state index in [-0.39, 0.29) is 11.2 Å². The molecular formula is C17H22N2OS. The Morgan fingerprint density at radius 1 is 1.24 bits per heavy atom. The Bertz CT molecular complexity index is 599. The van der Waals surface area contributed by atoms with Gasteiger partial charge in [0.2, 0.25) is 0 Å². The molecule has 0 saturated heterocycles. The van der Waals surface area contributed by atoms with Crippen molar-refractivity contribution in [2.45, 2.75) is 27.2 Å². The van der Waals surface area contributed by atoms with Gasteiger partial charge >= 0.3 is 0 Å². The van der Waals surface area contributed by atoms with Crippen LogP contribution in [0, 0.1) is 5.41 Å². The van der Waals surface area contributed by atoms with Crippen molar-refractivity contribution in [3.63, 3.8) is 0 Å². The third kappa shape index (κ3) is 4.67. The number of hydrogen-bond acceptors (Lipinski definition) is 4. The number of nitrogens with zero attached hydrogens (tertiary/aromatic N) is 2. The Hall–Kier alpha value is -1.68. The van der Waals surface area contributed by atoms with E-state index in [9.17, 15) is 4.79 Å². The van der Waals surface area contributed by atoms with Crippen LogP contribution in [0.1, 0.15) is 36.8 Å². The van der Waals surface area contributed by atoms with Gasteiger partial charge in [-0.15, -0.1) is 11.3 Å². The van der Waals surface area contributed by atoms with Crippen LogP contribution in [0.3, 0.4) is 0 Å². The molecule has 0 amide bonds. The smallest absolute Gasteiger partial charge is 0.185 e. The summed E-state index contributed by atoms with van der Waals surface area (Å²) in [6.07, 6.45) is 0.365. The Balaban J connectivity index is 2.02. The Morgan fingerprint density at radius 2 is 1.90 bits per heavy atom. The van der Waals surface area contributed by atoms with Gasteiger partial charge in [0.25, 0.3) is 0 Å². The summed E-state index contributed by atoms with van der Waals surface area (Å²) in [5.74, 6) is 0.117. The van der Waals surface area contributed by atoms with E-state index in [1.54, 1.807) is 11.3 Å². The first-order valence-electron chi connectivity index (χ1n) is 7.09. The molecule has 21 heavy (non-hydrogen) atoms. The maximum atomic E-state index is 12.2. The number of Topliss-reactive ketones (excluding diaryl/α,β-unsaturated/α-hetero) is 1. The second-order valence-corrected chi connectivity index (χ2v) is 7.34. The normalized spacial score (nSPS) is 11.4. The lowest BCUT2D eigenvalue weighted by Gasteiger charge is -2.26.